The third-order valence-electron chi connectivity index (χ3n) is 3.87. The molecule has 1 amide bonds. The lowest BCUT2D eigenvalue weighted by Gasteiger charge is -2.14. The van der Waals surface area contributed by atoms with Crippen LogP contribution in [0.4, 0.5) is 4.39 Å². The molecule has 0 spiro atoms. The number of hydrogen-bond acceptors (Lipinski definition) is 3. The number of nitrogens with zero attached hydrogens (tertiary/aromatic N) is 2. The van der Waals surface area contributed by atoms with Gasteiger partial charge in [-0.05, 0) is 48.1 Å². The average Bonchev–Trinajstić information content (AvgIpc) is 3.11. The molecular weight excluding hydrogens is 478 g/mol. The minimum absolute atomic E-state index is 0. The molecule has 5 nitrogen and oxygen atoms in total. The molecular formula is C19H26FIN4OS. The number of likely N-dealkylation sites (N-methyl/N-ethyl adjacent to an activating group) is 1. The van der Waals surface area contributed by atoms with Gasteiger partial charge < -0.3 is 15.5 Å². The molecule has 2 N–H and O–H groups in total. The predicted molar refractivity (Wildman–Crippen MR) is 120 cm³/mol. The second-order valence-corrected chi connectivity index (χ2v) is 7.17. The molecule has 0 aliphatic heterocycles. The Morgan fingerprint density at radius 1 is 1.26 bits per heavy atom. The third-order valence-corrected chi connectivity index (χ3v) is 4.75. The second-order valence-electron chi connectivity index (χ2n) is 6.13. The van der Waals surface area contributed by atoms with E-state index in [1.807, 2.05) is 24.4 Å². The highest BCUT2D eigenvalue weighted by atomic mass is 127. The number of guanidine groups is 1. The van der Waals surface area contributed by atoms with Crippen molar-refractivity contribution in [2.24, 2.45) is 4.99 Å². The SMILES string of the molecule is Cc1cc(F)ccc1CCNC(=NCC(=O)N(C)C)NCc1cccs1.I. The van der Waals surface area contributed by atoms with E-state index in [-0.39, 0.29) is 42.2 Å². The Balaban J connectivity index is 0.00000364. The van der Waals surface area contributed by atoms with E-state index >= 15 is 0 Å². The summed E-state index contributed by atoms with van der Waals surface area (Å²) in [6.45, 7) is 3.27. The standard InChI is InChI=1S/C19H25FN4OS.HI/c1-14-11-16(20)7-6-15(14)8-9-21-19(23-13-18(25)24(2)3)22-12-17-5-4-10-26-17;/h4-7,10-11H,8-9,12-13H2,1-3H3,(H2,21,22,23);1H. The topological polar surface area (TPSA) is 56.7 Å². The summed E-state index contributed by atoms with van der Waals surface area (Å²) >= 11 is 1.66. The van der Waals surface area contributed by atoms with Crippen LogP contribution in [-0.2, 0) is 17.8 Å². The fraction of sp³-hybridized carbons (Fsp3) is 0.368. The summed E-state index contributed by atoms with van der Waals surface area (Å²) in [7, 11) is 3.42. The molecule has 27 heavy (non-hydrogen) atoms. The Morgan fingerprint density at radius 2 is 2.04 bits per heavy atom. The van der Waals surface area contributed by atoms with Crippen LogP contribution in [0.3, 0.4) is 0 Å². The predicted octanol–water partition coefficient (Wildman–Crippen LogP) is 3.18. The van der Waals surface area contributed by atoms with Crippen molar-refractivity contribution < 1.29 is 9.18 Å². The Hall–Kier alpha value is -1.68. The number of benzene rings is 1. The van der Waals surface area contributed by atoms with Crippen LogP contribution >= 0.6 is 35.3 Å². The molecule has 8 heteroatoms. The van der Waals surface area contributed by atoms with Crippen molar-refractivity contribution in [1.82, 2.24) is 15.5 Å². The lowest BCUT2D eigenvalue weighted by molar-refractivity contribution is -0.127. The van der Waals surface area contributed by atoms with Crippen LogP contribution in [0.5, 0.6) is 0 Å². The lowest BCUT2D eigenvalue weighted by Crippen LogP contribution is -2.39. The highest BCUT2D eigenvalue weighted by Crippen LogP contribution is 2.10. The van der Waals surface area contributed by atoms with Crippen molar-refractivity contribution in [2.75, 3.05) is 27.2 Å². The Labute approximate surface area is 181 Å². The molecule has 0 bridgehead atoms. The normalized spacial score (nSPS) is 10.9. The van der Waals surface area contributed by atoms with Crippen molar-refractivity contribution >= 4 is 47.2 Å². The highest BCUT2D eigenvalue weighted by Gasteiger charge is 2.06. The number of carbonyl (C=O) groups excluding carboxylic acids is 1. The number of aliphatic imine (C=N–C) groups is 1. The van der Waals surface area contributed by atoms with E-state index < -0.39 is 0 Å². The first-order valence-electron chi connectivity index (χ1n) is 8.45. The quantitative estimate of drug-likeness (QED) is 0.346. The lowest BCUT2D eigenvalue weighted by atomic mass is 10.1. The van der Waals surface area contributed by atoms with Crippen LogP contribution in [0.1, 0.15) is 16.0 Å². The van der Waals surface area contributed by atoms with Gasteiger partial charge in [0.1, 0.15) is 12.4 Å². The minimum atomic E-state index is -0.221. The van der Waals surface area contributed by atoms with Crippen molar-refractivity contribution in [1.29, 1.82) is 0 Å². The Kier molecular flexibility index (Phi) is 10.3. The molecule has 0 unspecified atom stereocenters. The maximum Gasteiger partial charge on any atom is 0.243 e. The van der Waals surface area contributed by atoms with Crippen LogP contribution in [0.15, 0.2) is 40.7 Å². The third kappa shape index (κ3) is 8.25. The molecule has 2 rings (SSSR count). The van der Waals surface area contributed by atoms with Gasteiger partial charge in [0, 0.05) is 25.5 Å². The Bertz CT molecular complexity index is 750. The summed E-state index contributed by atoms with van der Waals surface area (Å²) < 4.78 is 13.2. The smallest absolute Gasteiger partial charge is 0.243 e. The van der Waals surface area contributed by atoms with Crippen molar-refractivity contribution in [3.63, 3.8) is 0 Å². The summed E-state index contributed by atoms with van der Waals surface area (Å²) in [5.41, 5.74) is 2.01. The van der Waals surface area contributed by atoms with Gasteiger partial charge in [0.25, 0.3) is 0 Å². The number of rotatable bonds is 7. The molecule has 1 aromatic carbocycles. The molecule has 0 aliphatic rings. The van der Waals surface area contributed by atoms with Crippen molar-refractivity contribution in [2.45, 2.75) is 19.9 Å². The van der Waals surface area contributed by atoms with E-state index in [0.717, 1.165) is 17.5 Å². The first-order valence-corrected chi connectivity index (χ1v) is 9.33. The number of hydrogen-bond donors (Lipinski definition) is 2. The molecule has 0 fully saturated rings. The van der Waals surface area contributed by atoms with Crippen LogP contribution in [0.25, 0.3) is 0 Å². The van der Waals surface area contributed by atoms with Gasteiger partial charge in [-0.2, -0.15) is 0 Å². The zero-order valence-corrected chi connectivity index (χ0v) is 18.9. The van der Waals surface area contributed by atoms with Gasteiger partial charge in [0.2, 0.25) is 5.91 Å². The van der Waals surface area contributed by atoms with E-state index in [1.165, 1.54) is 21.9 Å². The molecule has 0 saturated heterocycles. The van der Waals surface area contributed by atoms with E-state index in [9.17, 15) is 9.18 Å². The largest absolute Gasteiger partial charge is 0.356 e. The van der Waals surface area contributed by atoms with E-state index in [0.29, 0.717) is 19.0 Å². The number of aryl methyl sites for hydroxylation is 1. The number of nitrogens with one attached hydrogen (secondary N) is 2. The molecule has 2 aromatic rings. The van der Waals surface area contributed by atoms with Gasteiger partial charge in [-0.25, -0.2) is 9.38 Å². The first kappa shape index (κ1) is 23.4. The summed E-state index contributed by atoms with van der Waals surface area (Å²) in [5.74, 6) is 0.311. The van der Waals surface area contributed by atoms with Gasteiger partial charge in [0.15, 0.2) is 5.96 Å². The van der Waals surface area contributed by atoms with Crippen LogP contribution in [0.2, 0.25) is 0 Å². The molecule has 0 aliphatic carbocycles. The highest BCUT2D eigenvalue weighted by molar-refractivity contribution is 14.0. The number of amides is 1. The summed E-state index contributed by atoms with van der Waals surface area (Å²) in [6.07, 6.45) is 0.743. The fourth-order valence-electron chi connectivity index (χ4n) is 2.30. The maximum atomic E-state index is 13.2. The molecule has 1 aromatic heterocycles. The van der Waals surface area contributed by atoms with Gasteiger partial charge in [-0.1, -0.05) is 12.1 Å². The average molecular weight is 504 g/mol. The van der Waals surface area contributed by atoms with Gasteiger partial charge in [-0.3, -0.25) is 4.79 Å². The summed E-state index contributed by atoms with van der Waals surface area (Å²) in [4.78, 5) is 18.8. The van der Waals surface area contributed by atoms with Crippen LogP contribution in [0, 0.1) is 12.7 Å². The van der Waals surface area contributed by atoms with Gasteiger partial charge in [-0.15, -0.1) is 35.3 Å². The fourth-order valence-corrected chi connectivity index (χ4v) is 2.95. The number of thiophene rings is 1. The number of carbonyl (C=O) groups is 1. The van der Waals surface area contributed by atoms with Gasteiger partial charge >= 0.3 is 0 Å². The molecule has 0 atom stereocenters. The molecule has 1 heterocycles. The molecule has 0 radical (unpaired) electrons. The monoisotopic (exact) mass is 504 g/mol. The molecule has 0 saturated carbocycles. The van der Waals surface area contributed by atoms with Crippen molar-refractivity contribution in [3.8, 4) is 0 Å². The van der Waals surface area contributed by atoms with Gasteiger partial charge in [0.05, 0.1) is 6.54 Å². The zero-order chi connectivity index (χ0) is 18.9. The zero-order valence-electron chi connectivity index (χ0n) is 15.8. The number of halogens is 2. The second kappa shape index (κ2) is 11.9. The summed E-state index contributed by atoms with van der Waals surface area (Å²) in [6, 6.07) is 8.86. The summed E-state index contributed by atoms with van der Waals surface area (Å²) in [5, 5.41) is 8.51. The Morgan fingerprint density at radius 3 is 2.67 bits per heavy atom. The van der Waals surface area contributed by atoms with Crippen LogP contribution in [-0.4, -0.2) is 44.0 Å². The first-order chi connectivity index (χ1) is 12.5. The van der Waals surface area contributed by atoms with E-state index in [4.69, 9.17) is 0 Å². The maximum absolute atomic E-state index is 13.2. The molecule has 148 valence electrons. The minimum Gasteiger partial charge on any atom is -0.356 e. The van der Waals surface area contributed by atoms with Crippen LogP contribution < -0.4 is 10.6 Å². The van der Waals surface area contributed by atoms with Crippen molar-refractivity contribution in [3.05, 3.63) is 57.5 Å². The van der Waals surface area contributed by atoms with E-state index in [1.54, 1.807) is 31.5 Å². The van der Waals surface area contributed by atoms with E-state index in [2.05, 4.69) is 15.6 Å².